The minimum Gasteiger partial charge on any atom is -0.370 e. The fourth-order valence-corrected chi connectivity index (χ4v) is 4.92. The van der Waals surface area contributed by atoms with E-state index in [0.717, 1.165) is 35.0 Å². The van der Waals surface area contributed by atoms with Crippen molar-refractivity contribution in [2.45, 2.75) is 38.1 Å². The average molecular weight is 545 g/mol. The normalized spacial score (nSPS) is 13.6. The summed E-state index contributed by atoms with van der Waals surface area (Å²) in [6.07, 6.45) is 5.99. The molecule has 3 amide bonds. The smallest absolute Gasteiger partial charge is 0.336 e. The number of carbonyl (C=O) groups is 2. The summed E-state index contributed by atoms with van der Waals surface area (Å²) in [4.78, 5) is 27.2. The van der Waals surface area contributed by atoms with Crippen molar-refractivity contribution in [1.29, 1.82) is 0 Å². The largest absolute Gasteiger partial charge is 0.370 e. The lowest BCUT2D eigenvalue weighted by Crippen LogP contribution is -2.33. The van der Waals surface area contributed by atoms with Crippen LogP contribution in [-0.2, 0) is 0 Å². The van der Waals surface area contributed by atoms with Crippen molar-refractivity contribution in [3.63, 3.8) is 0 Å². The van der Waals surface area contributed by atoms with Gasteiger partial charge in [0.05, 0.1) is 16.4 Å². The van der Waals surface area contributed by atoms with Gasteiger partial charge in [-0.25, -0.2) is 17.9 Å². The molecule has 3 aromatic carbocycles. The third-order valence-corrected chi connectivity index (χ3v) is 7.17. The SMILES string of the molecule is CN(c1ccc(NC(=O)N(S)c2ccc(NC(=O)c3c(F)cccc3F)cc2)cc1Cl)C1CCCCC1. The van der Waals surface area contributed by atoms with Gasteiger partial charge in [-0.15, -0.1) is 0 Å². The van der Waals surface area contributed by atoms with Gasteiger partial charge in [0.1, 0.15) is 17.2 Å². The molecule has 0 aliphatic heterocycles. The number of anilines is 4. The van der Waals surface area contributed by atoms with Crippen LogP contribution in [0.25, 0.3) is 0 Å². The maximum Gasteiger partial charge on any atom is 0.336 e. The Morgan fingerprint density at radius 3 is 2.16 bits per heavy atom. The summed E-state index contributed by atoms with van der Waals surface area (Å²) in [5.41, 5.74) is 1.47. The molecule has 1 fully saturated rings. The quantitative estimate of drug-likeness (QED) is 0.281. The van der Waals surface area contributed by atoms with Crippen LogP contribution in [0, 0.1) is 11.6 Å². The Kier molecular flexibility index (Phi) is 8.56. The Labute approximate surface area is 225 Å². The van der Waals surface area contributed by atoms with Crippen LogP contribution in [0.15, 0.2) is 60.7 Å². The number of hydrogen-bond donors (Lipinski definition) is 3. The summed E-state index contributed by atoms with van der Waals surface area (Å²) in [5, 5.41) is 5.74. The van der Waals surface area contributed by atoms with Gasteiger partial charge < -0.3 is 15.5 Å². The number of amides is 3. The molecule has 3 aromatic rings. The van der Waals surface area contributed by atoms with Gasteiger partial charge in [0, 0.05) is 24.5 Å². The molecule has 0 atom stereocenters. The fraction of sp³-hybridized carbons (Fsp3) is 0.259. The maximum absolute atomic E-state index is 13.8. The zero-order valence-electron chi connectivity index (χ0n) is 20.2. The molecule has 6 nitrogen and oxygen atoms in total. The number of benzene rings is 3. The number of nitrogens with one attached hydrogen (secondary N) is 2. The van der Waals surface area contributed by atoms with E-state index >= 15 is 0 Å². The topological polar surface area (TPSA) is 64.7 Å². The third kappa shape index (κ3) is 6.34. The van der Waals surface area contributed by atoms with Crippen LogP contribution < -0.4 is 19.8 Å². The van der Waals surface area contributed by atoms with Crippen LogP contribution in [0.5, 0.6) is 0 Å². The van der Waals surface area contributed by atoms with Gasteiger partial charge in [0.15, 0.2) is 0 Å². The van der Waals surface area contributed by atoms with Gasteiger partial charge in [0.2, 0.25) is 0 Å². The van der Waals surface area contributed by atoms with Crippen molar-refractivity contribution in [2.24, 2.45) is 0 Å². The van der Waals surface area contributed by atoms with Crippen LogP contribution in [0.4, 0.5) is 36.3 Å². The van der Waals surface area contributed by atoms with Crippen LogP contribution >= 0.6 is 24.4 Å². The molecule has 0 heterocycles. The second-order valence-electron chi connectivity index (χ2n) is 8.91. The highest BCUT2D eigenvalue weighted by atomic mass is 35.5. The number of nitrogens with zero attached hydrogens (tertiary/aromatic N) is 2. The van der Waals surface area contributed by atoms with Crippen molar-refractivity contribution in [3.05, 3.63) is 82.9 Å². The highest BCUT2D eigenvalue weighted by molar-refractivity contribution is 7.82. The van der Waals surface area contributed by atoms with Gasteiger partial charge in [-0.05, 0) is 67.4 Å². The number of halogens is 3. The first-order valence-corrected chi connectivity index (χ1v) is 12.7. The van der Waals surface area contributed by atoms with E-state index in [1.165, 1.54) is 49.6 Å². The Bertz CT molecular complexity index is 1270. The summed E-state index contributed by atoms with van der Waals surface area (Å²) in [7, 11) is 2.05. The first-order valence-electron chi connectivity index (χ1n) is 11.9. The molecule has 0 spiro atoms. The van der Waals surface area contributed by atoms with Gasteiger partial charge in [-0.1, -0.05) is 49.7 Å². The Morgan fingerprint density at radius 1 is 0.919 bits per heavy atom. The number of urea groups is 1. The standard InChI is InChI=1S/C27H27ClF2N4O2S/c1-33(19-6-3-2-4-7-19)24-15-12-18(16-21(24)28)32-27(36)34(37)20-13-10-17(11-14-20)31-26(35)25-22(29)8-5-9-23(25)30/h5,8-16,19,37H,2-4,6-7H2,1H3,(H,31,35)(H,32,36). The van der Waals surface area contributed by atoms with Crippen molar-refractivity contribution < 1.29 is 18.4 Å². The van der Waals surface area contributed by atoms with E-state index in [1.54, 1.807) is 12.1 Å². The summed E-state index contributed by atoms with van der Waals surface area (Å²) in [6.45, 7) is 0. The van der Waals surface area contributed by atoms with Crippen molar-refractivity contribution in [3.8, 4) is 0 Å². The van der Waals surface area contributed by atoms with Crippen LogP contribution in [0.2, 0.25) is 5.02 Å². The number of rotatable bonds is 6. The van der Waals surface area contributed by atoms with E-state index in [2.05, 4.69) is 28.3 Å². The van der Waals surface area contributed by atoms with E-state index in [4.69, 9.17) is 11.6 Å². The van der Waals surface area contributed by atoms with Crippen LogP contribution in [0.1, 0.15) is 42.5 Å². The molecule has 194 valence electrons. The zero-order chi connectivity index (χ0) is 26.5. The van der Waals surface area contributed by atoms with E-state index < -0.39 is 29.1 Å². The maximum atomic E-state index is 13.8. The molecular formula is C27H27ClF2N4O2S. The number of thiol groups is 1. The fourth-order valence-electron chi connectivity index (χ4n) is 4.42. The van der Waals surface area contributed by atoms with Crippen molar-refractivity contribution in [2.75, 3.05) is 26.9 Å². The predicted octanol–water partition coefficient (Wildman–Crippen LogP) is 7.52. The Hall–Kier alpha value is -3.30. The van der Waals surface area contributed by atoms with E-state index in [1.807, 2.05) is 13.1 Å². The monoisotopic (exact) mass is 544 g/mol. The third-order valence-electron chi connectivity index (χ3n) is 6.45. The van der Waals surface area contributed by atoms with E-state index in [9.17, 15) is 18.4 Å². The molecule has 1 aliphatic rings. The van der Waals surface area contributed by atoms with Gasteiger partial charge in [-0.2, -0.15) is 0 Å². The minimum atomic E-state index is -0.957. The van der Waals surface area contributed by atoms with E-state index in [-0.39, 0.29) is 0 Å². The Balaban J connectivity index is 1.38. The molecule has 1 aliphatic carbocycles. The first-order chi connectivity index (χ1) is 17.7. The summed E-state index contributed by atoms with van der Waals surface area (Å²) in [6, 6.07) is 14.6. The summed E-state index contributed by atoms with van der Waals surface area (Å²) < 4.78 is 28.8. The lowest BCUT2D eigenvalue weighted by Gasteiger charge is -2.33. The number of hydrogen-bond acceptors (Lipinski definition) is 4. The van der Waals surface area contributed by atoms with Gasteiger partial charge in [-0.3, -0.25) is 4.79 Å². The molecule has 0 aromatic heterocycles. The molecule has 10 heteroatoms. The molecule has 37 heavy (non-hydrogen) atoms. The summed E-state index contributed by atoms with van der Waals surface area (Å²) >= 11 is 10.8. The molecule has 0 bridgehead atoms. The minimum absolute atomic E-state index is 0.294. The van der Waals surface area contributed by atoms with Crippen LogP contribution in [0.3, 0.4) is 0 Å². The molecule has 0 saturated heterocycles. The second kappa shape index (κ2) is 11.8. The Morgan fingerprint density at radius 2 is 1.54 bits per heavy atom. The molecule has 2 N–H and O–H groups in total. The van der Waals surface area contributed by atoms with Gasteiger partial charge >= 0.3 is 6.03 Å². The first kappa shape index (κ1) is 26.8. The molecule has 1 saturated carbocycles. The molecular weight excluding hydrogens is 518 g/mol. The molecule has 0 unspecified atom stereocenters. The zero-order valence-corrected chi connectivity index (χ0v) is 21.8. The van der Waals surface area contributed by atoms with Crippen molar-refractivity contribution in [1.82, 2.24) is 0 Å². The van der Waals surface area contributed by atoms with Gasteiger partial charge in [0.25, 0.3) is 5.91 Å². The summed E-state index contributed by atoms with van der Waals surface area (Å²) in [5.74, 6) is -2.83. The van der Waals surface area contributed by atoms with Crippen LogP contribution in [-0.4, -0.2) is 25.0 Å². The highest BCUT2D eigenvalue weighted by Gasteiger charge is 2.21. The second-order valence-corrected chi connectivity index (χ2v) is 9.72. The lowest BCUT2D eigenvalue weighted by atomic mass is 9.94. The van der Waals surface area contributed by atoms with E-state index in [0.29, 0.717) is 28.1 Å². The van der Waals surface area contributed by atoms with Crippen molar-refractivity contribution >= 4 is 59.1 Å². The molecule has 0 radical (unpaired) electrons. The highest BCUT2D eigenvalue weighted by Crippen LogP contribution is 2.33. The lowest BCUT2D eigenvalue weighted by molar-refractivity contribution is 0.101. The predicted molar refractivity (Wildman–Crippen MR) is 148 cm³/mol. The number of carbonyl (C=O) groups excluding carboxylic acids is 2. The molecule has 4 rings (SSSR count). The average Bonchev–Trinajstić information content (AvgIpc) is 2.89.